The third-order valence-electron chi connectivity index (χ3n) is 3.94. The standard InChI is InChI=1S/C13H26N2O/c1-4-11(14)8-13(16)15-12-6-5-9(2)10(3)7-12/h9-12H,4-8,14H2,1-3H3,(H,15,16). The lowest BCUT2D eigenvalue weighted by molar-refractivity contribution is -0.122. The van der Waals surface area contributed by atoms with Crippen LogP contribution in [0.15, 0.2) is 0 Å². The molecule has 3 nitrogen and oxygen atoms in total. The third-order valence-corrected chi connectivity index (χ3v) is 3.94. The first kappa shape index (κ1) is 13.5. The summed E-state index contributed by atoms with van der Waals surface area (Å²) in [5.74, 6) is 1.64. The first-order valence-electron chi connectivity index (χ1n) is 6.57. The minimum Gasteiger partial charge on any atom is -0.353 e. The smallest absolute Gasteiger partial charge is 0.221 e. The molecule has 4 unspecified atom stereocenters. The molecule has 16 heavy (non-hydrogen) atoms. The maximum atomic E-state index is 11.7. The highest BCUT2D eigenvalue weighted by Crippen LogP contribution is 2.29. The van der Waals surface area contributed by atoms with Crippen LogP contribution in [-0.2, 0) is 4.79 Å². The summed E-state index contributed by atoms with van der Waals surface area (Å²) in [6, 6.07) is 0.391. The van der Waals surface area contributed by atoms with Crippen LogP contribution in [0, 0.1) is 11.8 Å². The molecule has 0 spiro atoms. The zero-order valence-electron chi connectivity index (χ0n) is 10.8. The Labute approximate surface area is 99.2 Å². The van der Waals surface area contributed by atoms with Gasteiger partial charge in [-0.25, -0.2) is 0 Å². The normalized spacial score (nSPS) is 32.1. The summed E-state index contributed by atoms with van der Waals surface area (Å²) in [4.78, 5) is 11.7. The Hall–Kier alpha value is -0.570. The zero-order chi connectivity index (χ0) is 12.1. The van der Waals surface area contributed by atoms with E-state index in [0.29, 0.717) is 12.5 Å². The number of nitrogens with two attached hydrogens (primary N) is 1. The van der Waals surface area contributed by atoms with Gasteiger partial charge in [0.15, 0.2) is 0 Å². The molecule has 4 atom stereocenters. The lowest BCUT2D eigenvalue weighted by Gasteiger charge is -2.32. The zero-order valence-corrected chi connectivity index (χ0v) is 10.8. The Kier molecular flexibility index (Phi) is 5.26. The molecule has 1 saturated carbocycles. The fraction of sp³-hybridized carbons (Fsp3) is 0.923. The van der Waals surface area contributed by atoms with E-state index in [9.17, 15) is 4.79 Å². The number of carbonyl (C=O) groups excluding carboxylic acids is 1. The van der Waals surface area contributed by atoms with Crippen LogP contribution in [0.25, 0.3) is 0 Å². The molecule has 0 aromatic rings. The van der Waals surface area contributed by atoms with E-state index in [1.165, 1.54) is 6.42 Å². The Balaban J connectivity index is 2.29. The van der Waals surface area contributed by atoms with Crippen molar-refractivity contribution in [2.75, 3.05) is 0 Å². The number of amides is 1. The van der Waals surface area contributed by atoms with E-state index in [1.54, 1.807) is 0 Å². The van der Waals surface area contributed by atoms with Crippen LogP contribution >= 0.6 is 0 Å². The number of carbonyl (C=O) groups is 1. The third kappa shape index (κ3) is 4.12. The quantitative estimate of drug-likeness (QED) is 0.771. The van der Waals surface area contributed by atoms with Crippen molar-refractivity contribution in [1.82, 2.24) is 5.32 Å². The molecule has 1 aliphatic carbocycles. The van der Waals surface area contributed by atoms with Crippen LogP contribution in [0.4, 0.5) is 0 Å². The highest BCUT2D eigenvalue weighted by Gasteiger charge is 2.25. The minimum absolute atomic E-state index is 0.0138. The van der Waals surface area contributed by atoms with Crippen molar-refractivity contribution < 1.29 is 4.79 Å². The summed E-state index contributed by atoms with van der Waals surface area (Å²) < 4.78 is 0. The summed E-state index contributed by atoms with van der Waals surface area (Å²) >= 11 is 0. The van der Waals surface area contributed by atoms with Gasteiger partial charge in [0.2, 0.25) is 5.91 Å². The molecule has 1 amide bonds. The molecule has 1 rings (SSSR count). The molecule has 0 heterocycles. The topological polar surface area (TPSA) is 55.1 Å². The Morgan fingerprint density at radius 2 is 2.06 bits per heavy atom. The molecule has 0 bridgehead atoms. The molecule has 0 aromatic carbocycles. The van der Waals surface area contributed by atoms with Crippen molar-refractivity contribution in [3.63, 3.8) is 0 Å². The van der Waals surface area contributed by atoms with Gasteiger partial charge in [-0.15, -0.1) is 0 Å². The number of nitrogens with one attached hydrogen (secondary N) is 1. The molecule has 0 saturated heterocycles. The molecule has 3 heteroatoms. The van der Waals surface area contributed by atoms with Gasteiger partial charge in [-0.05, 0) is 37.5 Å². The van der Waals surface area contributed by atoms with Gasteiger partial charge < -0.3 is 11.1 Å². The predicted octanol–water partition coefficient (Wildman–Crippen LogP) is 2.05. The van der Waals surface area contributed by atoms with E-state index in [0.717, 1.165) is 31.1 Å². The second kappa shape index (κ2) is 6.24. The second-order valence-electron chi connectivity index (χ2n) is 5.40. The van der Waals surface area contributed by atoms with Crippen LogP contribution < -0.4 is 11.1 Å². The Bertz CT molecular complexity index is 230. The fourth-order valence-corrected chi connectivity index (χ4v) is 2.35. The summed E-state index contributed by atoms with van der Waals surface area (Å²) in [5, 5.41) is 3.12. The molecule has 1 fully saturated rings. The molecule has 0 radical (unpaired) electrons. The largest absolute Gasteiger partial charge is 0.353 e. The second-order valence-corrected chi connectivity index (χ2v) is 5.40. The first-order valence-corrected chi connectivity index (χ1v) is 6.57. The van der Waals surface area contributed by atoms with Crippen molar-refractivity contribution in [2.24, 2.45) is 17.6 Å². The van der Waals surface area contributed by atoms with Crippen LogP contribution in [0.5, 0.6) is 0 Å². The van der Waals surface area contributed by atoms with Gasteiger partial charge in [0, 0.05) is 18.5 Å². The summed E-state index contributed by atoms with van der Waals surface area (Å²) in [7, 11) is 0. The van der Waals surface area contributed by atoms with Crippen LogP contribution in [-0.4, -0.2) is 18.0 Å². The van der Waals surface area contributed by atoms with Gasteiger partial charge in [0.05, 0.1) is 0 Å². The van der Waals surface area contributed by atoms with E-state index in [4.69, 9.17) is 5.73 Å². The van der Waals surface area contributed by atoms with E-state index in [2.05, 4.69) is 19.2 Å². The average molecular weight is 226 g/mol. The summed E-state index contributed by atoms with van der Waals surface area (Å²) in [6.45, 7) is 6.60. The highest BCUT2D eigenvalue weighted by atomic mass is 16.1. The lowest BCUT2D eigenvalue weighted by atomic mass is 9.79. The van der Waals surface area contributed by atoms with Crippen molar-refractivity contribution in [3.05, 3.63) is 0 Å². The van der Waals surface area contributed by atoms with Crippen LogP contribution in [0.3, 0.4) is 0 Å². The van der Waals surface area contributed by atoms with Gasteiger partial charge in [-0.1, -0.05) is 20.8 Å². The van der Waals surface area contributed by atoms with Crippen molar-refractivity contribution in [1.29, 1.82) is 0 Å². The Morgan fingerprint density at radius 1 is 1.38 bits per heavy atom. The summed E-state index contributed by atoms with van der Waals surface area (Å²) in [5.41, 5.74) is 5.77. The van der Waals surface area contributed by atoms with Crippen molar-refractivity contribution in [2.45, 2.75) is 65.0 Å². The molecular formula is C13H26N2O. The molecule has 0 aromatic heterocycles. The van der Waals surface area contributed by atoms with Gasteiger partial charge >= 0.3 is 0 Å². The monoisotopic (exact) mass is 226 g/mol. The van der Waals surface area contributed by atoms with E-state index < -0.39 is 0 Å². The minimum atomic E-state index is 0.0138. The summed E-state index contributed by atoms with van der Waals surface area (Å²) in [6.07, 6.45) is 4.81. The lowest BCUT2D eigenvalue weighted by Crippen LogP contribution is -2.41. The molecule has 1 aliphatic rings. The van der Waals surface area contributed by atoms with Crippen molar-refractivity contribution in [3.8, 4) is 0 Å². The van der Waals surface area contributed by atoms with Crippen LogP contribution in [0.2, 0.25) is 0 Å². The van der Waals surface area contributed by atoms with Gasteiger partial charge in [0.1, 0.15) is 0 Å². The van der Waals surface area contributed by atoms with E-state index in [-0.39, 0.29) is 11.9 Å². The first-order chi connectivity index (χ1) is 7.52. The maximum absolute atomic E-state index is 11.7. The van der Waals surface area contributed by atoms with Gasteiger partial charge in [-0.2, -0.15) is 0 Å². The van der Waals surface area contributed by atoms with Gasteiger partial charge in [0.25, 0.3) is 0 Å². The number of hydrogen-bond donors (Lipinski definition) is 2. The van der Waals surface area contributed by atoms with E-state index >= 15 is 0 Å². The SMILES string of the molecule is CCC(N)CC(=O)NC1CCC(C)C(C)C1. The van der Waals surface area contributed by atoms with Crippen LogP contribution in [0.1, 0.15) is 52.9 Å². The molecule has 3 N–H and O–H groups in total. The predicted molar refractivity (Wildman–Crippen MR) is 67.0 cm³/mol. The van der Waals surface area contributed by atoms with E-state index in [1.807, 2.05) is 6.92 Å². The number of hydrogen-bond acceptors (Lipinski definition) is 2. The maximum Gasteiger partial charge on any atom is 0.221 e. The fourth-order valence-electron chi connectivity index (χ4n) is 2.35. The molecule has 94 valence electrons. The van der Waals surface area contributed by atoms with Crippen molar-refractivity contribution >= 4 is 5.91 Å². The average Bonchev–Trinajstić information content (AvgIpc) is 2.23. The molecular weight excluding hydrogens is 200 g/mol. The van der Waals surface area contributed by atoms with Gasteiger partial charge in [-0.3, -0.25) is 4.79 Å². The number of rotatable bonds is 4. The molecule has 0 aliphatic heterocycles. The highest BCUT2D eigenvalue weighted by molar-refractivity contribution is 5.76. The Morgan fingerprint density at radius 3 is 2.62 bits per heavy atom.